The van der Waals surface area contributed by atoms with Gasteiger partial charge in [0.25, 0.3) is 11.8 Å². The maximum Gasteiger partial charge on any atom is 0.255 e. The van der Waals surface area contributed by atoms with Crippen LogP contribution in [0, 0.1) is 17.6 Å². The monoisotopic (exact) mass is 208 g/mol. The topological polar surface area (TPSA) is 68.4 Å². The number of aliphatic hydroxyl groups is 1. The molecule has 0 aliphatic rings. The Morgan fingerprint density at radius 3 is 2.50 bits per heavy atom. The number of aliphatic hydroxyl groups excluding tert-OH is 1. The Morgan fingerprint density at radius 2 is 1.93 bits per heavy atom. The van der Waals surface area contributed by atoms with E-state index in [0.29, 0.717) is 0 Å². The number of nitrogens with two attached hydrogens (primary N) is 1. The zero-order chi connectivity index (χ0) is 10.7. The Morgan fingerprint density at radius 1 is 1.29 bits per heavy atom. The SMILES string of the molecule is Nc1c(F)c(F)nc(OCCO)c1F. The number of anilines is 1. The normalized spacial score (nSPS) is 10.3. The van der Waals surface area contributed by atoms with Crippen molar-refractivity contribution in [1.29, 1.82) is 0 Å². The summed E-state index contributed by atoms with van der Waals surface area (Å²) in [7, 11) is 0. The number of hydrogen-bond acceptors (Lipinski definition) is 4. The zero-order valence-electron chi connectivity index (χ0n) is 6.93. The number of nitrogen functional groups attached to an aromatic ring is 1. The number of halogens is 3. The summed E-state index contributed by atoms with van der Waals surface area (Å²) in [5.41, 5.74) is 3.89. The molecule has 0 bridgehead atoms. The third kappa shape index (κ3) is 1.87. The molecular formula is C7H7F3N2O2. The van der Waals surface area contributed by atoms with Crippen LogP contribution in [0.2, 0.25) is 0 Å². The largest absolute Gasteiger partial charge is 0.473 e. The summed E-state index contributed by atoms with van der Waals surface area (Å²) < 4.78 is 42.6. The minimum Gasteiger partial charge on any atom is -0.473 e. The first-order valence-corrected chi connectivity index (χ1v) is 3.61. The highest BCUT2D eigenvalue weighted by Gasteiger charge is 2.18. The highest BCUT2D eigenvalue weighted by atomic mass is 19.2. The Bertz CT molecular complexity index is 346. The molecule has 4 nitrogen and oxygen atoms in total. The van der Waals surface area contributed by atoms with Crippen molar-refractivity contribution in [2.45, 2.75) is 0 Å². The minimum atomic E-state index is -1.56. The number of rotatable bonds is 3. The van der Waals surface area contributed by atoms with E-state index in [2.05, 4.69) is 9.72 Å². The highest BCUT2D eigenvalue weighted by Crippen LogP contribution is 2.24. The quantitative estimate of drug-likeness (QED) is 0.708. The van der Waals surface area contributed by atoms with Crippen molar-refractivity contribution in [2.75, 3.05) is 18.9 Å². The molecular weight excluding hydrogens is 201 g/mol. The molecule has 1 aromatic rings. The smallest absolute Gasteiger partial charge is 0.255 e. The molecule has 7 heteroatoms. The Hall–Kier alpha value is -1.50. The van der Waals surface area contributed by atoms with Gasteiger partial charge >= 0.3 is 0 Å². The second kappa shape index (κ2) is 4.14. The van der Waals surface area contributed by atoms with Gasteiger partial charge < -0.3 is 15.6 Å². The number of ether oxygens (including phenoxy) is 1. The van der Waals surface area contributed by atoms with Crippen LogP contribution in [0.5, 0.6) is 5.88 Å². The summed E-state index contributed by atoms with van der Waals surface area (Å²) in [4.78, 5) is 2.84. The van der Waals surface area contributed by atoms with E-state index in [4.69, 9.17) is 10.8 Å². The van der Waals surface area contributed by atoms with Gasteiger partial charge in [0.1, 0.15) is 12.3 Å². The molecule has 0 aromatic carbocycles. The predicted octanol–water partition coefficient (Wildman–Crippen LogP) is 0.452. The van der Waals surface area contributed by atoms with Crippen molar-refractivity contribution >= 4 is 5.69 Å². The summed E-state index contributed by atoms with van der Waals surface area (Å²) >= 11 is 0. The van der Waals surface area contributed by atoms with Crippen LogP contribution in [0.1, 0.15) is 0 Å². The molecule has 1 rings (SSSR count). The molecule has 0 aliphatic heterocycles. The summed E-state index contributed by atoms with van der Waals surface area (Å²) in [5.74, 6) is -5.15. The van der Waals surface area contributed by atoms with Crippen LogP contribution in [0.15, 0.2) is 0 Å². The van der Waals surface area contributed by atoms with Crippen LogP contribution in [0.3, 0.4) is 0 Å². The molecule has 78 valence electrons. The molecule has 0 spiro atoms. The molecule has 14 heavy (non-hydrogen) atoms. The summed E-state index contributed by atoms with van der Waals surface area (Å²) in [5, 5.41) is 8.34. The van der Waals surface area contributed by atoms with Gasteiger partial charge in [0.05, 0.1) is 6.61 Å². The van der Waals surface area contributed by atoms with Gasteiger partial charge in [-0.3, -0.25) is 0 Å². The van der Waals surface area contributed by atoms with E-state index in [1.165, 1.54) is 0 Å². The van der Waals surface area contributed by atoms with Gasteiger partial charge in [-0.25, -0.2) is 0 Å². The van der Waals surface area contributed by atoms with E-state index < -0.39 is 35.8 Å². The Labute approximate surface area is 77.1 Å². The van der Waals surface area contributed by atoms with Crippen molar-refractivity contribution < 1.29 is 23.0 Å². The Kier molecular flexibility index (Phi) is 3.13. The maximum absolute atomic E-state index is 13.0. The summed E-state index contributed by atoms with van der Waals surface area (Å²) in [6.45, 7) is -0.686. The fourth-order valence-electron chi connectivity index (χ4n) is 0.748. The molecule has 1 aromatic heterocycles. The molecule has 0 aliphatic carbocycles. The first-order valence-electron chi connectivity index (χ1n) is 3.61. The van der Waals surface area contributed by atoms with Gasteiger partial charge in [0.15, 0.2) is 0 Å². The molecule has 3 N–H and O–H groups in total. The van der Waals surface area contributed by atoms with E-state index in [-0.39, 0.29) is 6.61 Å². The minimum absolute atomic E-state index is 0.283. The third-order valence-corrected chi connectivity index (χ3v) is 1.37. The first-order chi connectivity index (χ1) is 6.57. The van der Waals surface area contributed by atoms with E-state index >= 15 is 0 Å². The first kappa shape index (κ1) is 10.6. The lowest BCUT2D eigenvalue weighted by atomic mass is 10.3. The summed E-state index contributed by atoms with van der Waals surface area (Å²) in [6.07, 6.45) is 0. The third-order valence-electron chi connectivity index (χ3n) is 1.37. The molecule has 0 saturated heterocycles. The number of nitrogens with zero attached hydrogens (tertiary/aromatic N) is 1. The average Bonchev–Trinajstić information content (AvgIpc) is 2.18. The molecule has 1 heterocycles. The number of hydrogen-bond donors (Lipinski definition) is 2. The molecule has 0 unspecified atom stereocenters. The van der Waals surface area contributed by atoms with Crippen LogP contribution in [0.4, 0.5) is 18.9 Å². The lowest BCUT2D eigenvalue weighted by Crippen LogP contribution is -2.09. The van der Waals surface area contributed by atoms with Gasteiger partial charge in [-0.05, 0) is 0 Å². The van der Waals surface area contributed by atoms with E-state index in [1.807, 2.05) is 0 Å². The zero-order valence-corrected chi connectivity index (χ0v) is 6.93. The van der Waals surface area contributed by atoms with Crippen LogP contribution in [-0.4, -0.2) is 23.3 Å². The van der Waals surface area contributed by atoms with E-state index in [9.17, 15) is 13.2 Å². The van der Waals surface area contributed by atoms with E-state index in [0.717, 1.165) is 0 Å². The van der Waals surface area contributed by atoms with Gasteiger partial charge in [0.2, 0.25) is 11.6 Å². The summed E-state index contributed by atoms with van der Waals surface area (Å²) in [6, 6.07) is 0. The van der Waals surface area contributed by atoms with Gasteiger partial charge in [0, 0.05) is 0 Å². The fourth-order valence-corrected chi connectivity index (χ4v) is 0.748. The van der Waals surface area contributed by atoms with Crippen LogP contribution < -0.4 is 10.5 Å². The standard InChI is InChI=1S/C7H7F3N2O2/c8-3-5(11)4(9)7(12-6(3)10)14-2-1-13/h13H,1-2H2,(H2,11,12). The molecule has 0 radical (unpaired) electrons. The second-order valence-electron chi connectivity index (χ2n) is 2.32. The lowest BCUT2D eigenvalue weighted by molar-refractivity contribution is 0.189. The molecule has 0 atom stereocenters. The number of pyridine rings is 1. The van der Waals surface area contributed by atoms with Gasteiger partial charge in [-0.1, -0.05) is 0 Å². The molecule has 0 fully saturated rings. The Balaban J connectivity index is 3.06. The molecule has 0 amide bonds. The van der Waals surface area contributed by atoms with Crippen molar-refractivity contribution in [3.8, 4) is 5.88 Å². The predicted molar refractivity (Wildman–Crippen MR) is 41.1 cm³/mol. The van der Waals surface area contributed by atoms with Crippen LogP contribution >= 0.6 is 0 Å². The van der Waals surface area contributed by atoms with E-state index in [1.54, 1.807) is 0 Å². The van der Waals surface area contributed by atoms with Crippen molar-refractivity contribution in [1.82, 2.24) is 4.98 Å². The second-order valence-corrected chi connectivity index (χ2v) is 2.32. The van der Waals surface area contributed by atoms with Crippen molar-refractivity contribution in [3.05, 3.63) is 17.6 Å². The highest BCUT2D eigenvalue weighted by molar-refractivity contribution is 5.44. The van der Waals surface area contributed by atoms with Crippen LogP contribution in [0.25, 0.3) is 0 Å². The van der Waals surface area contributed by atoms with Gasteiger partial charge in [-0.2, -0.15) is 18.2 Å². The number of aromatic nitrogens is 1. The van der Waals surface area contributed by atoms with Crippen molar-refractivity contribution in [3.63, 3.8) is 0 Å². The van der Waals surface area contributed by atoms with Gasteiger partial charge in [-0.15, -0.1) is 0 Å². The maximum atomic E-state index is 13.0. The average molecular weight is 208 g/mol. The van der Waals surface area contributed by atoms with Crippen LogP contribution in [-0.2, 0) is 0 Å². The van der Waals surface area contributed by atoms with Crippen molar-refractivity contribution in [2.24, 2.45) is 0 Å². The fraction of sp³-hybridized carbons (Fsp3) is 0.286. The lowest BCUT2D eigenvalue weighted by Gasteiger charge is -2.06. The molecule has 0 saturated carbocycles.